The van der Waals surface area contributed by atoms with Gasteiger partial charge in [-0.15, -0.1) is 0 Å². The largest absolute Gasteiger partial charge is 0.383 e. The molecule has 0 aliphatic carbocycles. The predicted octanol–water partition coefficient (Wildman–Crippen LogP) is 8.52. The third-order valence-corrected chi connectivity index (χ3v) is 6.88. The van der Waals surface area contributed by atoms with Gasteiger partial charge < -0.3 is 15.0 Å². The standard InChI is InChI=1S/C29H30N2O.C5H12.C2H6/c1-24-28(30-22-27-16-9-4-10-17-27)18-11-19-31(24)29(23-32,20-25-12-5-2-6-13-25)21-26-14-7-3-8-15-26;1-3-5-4-2;1-2/h2-19,23-24,30H,20-22H2,1H3;3-5H2,1-2H3;1-2H3. The number of nitrogens with zero attached hydrogens (tertiary/aromatic N) is 1. The van der Waals surface area contributed by atoms with E-state index < -0.39 is 5.54 Å². The Bertz CT molecular complexity index is 1060. The average molecular weight is 525 g/mol. The third kappa shape index (κ3) is 9.90. The van der Waals surface area contributed by atoms with Crippen LogP contribution in [0.25, 0.3) is 0 Å². The number of hydrogen-bond acceptors (Lipinski definition) is 3. The lowest BCUT2D eigenvalue weighted by Crippen LogP contribution is -2.56. The Morgan fingerprint density at radius 3 is 1.64 bits per heavy atom. The van der Waals surface area contributed by atoms with Gasteiger partial charge in [0.2, 0.25) is 0 Å². The van der Waals surface area contributed by atoms with Gasteiger partial charge in [-0.2, -0.15) is 0 Å². The van der Waals surface area contributed by atoms with E-state index in [1.807, 2.05) is 62.4 Å². The SMILES string of the molecule is CC.CC1C(NCc2ccccc2)=CC=CN1C(C=O)(Cc1ccccc1)Cc1ccccc1.CCCCC. The van der Waals surface area contributed by atoms with Crippen LogP contribution in [0.4, 0.5) is 0 Å². The molecule has 3 heteroatoms. The first-order valence-electron chi connectivity index (χ1n) is 14.6. The van der Waals surface area contributed by atoms with Crippen molar-refractivity contribution in [3.05, 3.63) is 132 Å². The molecule has 3 nitrogen and oxygen atoms in total. The number of hydrogen-bond donors (Lipinski definition) is 1. The fraction of sp³-hybridized carbons (Fsp3) is 0.361. The first kappa shape index (κ1) is 31.6. The van der Waals surface area contributed by atoms with Crippen LogP contribution < -0.4 is 5.32 Å². The molecule has 0 amide bonds. The van der Waals surface area contributed by atoms with Gasteiger partial charge >= 0.3 is 0 Å². The minimum absolute atomic E-state index is 0.0429. The van der Waals surface area contributed by atoms with E-state index >= 15 is 0 Å². The Morgan fingerprint density at radius 1 is 0.769 bits per heavy atom. The summed E-state index contributed by atoms with van der Waals surface area (Å²) in [6, 6.07) is 31.0. The molecular weight excluding hydrogens is 476 g/mol. The van der Waals surface area contributed by atoms with Crippen molar-refractivity contribution in [1.82, 2.24) is 10.2 Å². The summed E-state index contributed by atoms with van der Waals surface area (Å²) in [5.74, 6) is 0. The van der Waals surface area contributed by atoms with Gasteiger partial charge in [0, 0.05) is 31.3 Å². The molecule has 1 atom stereocenters. The zero-order valence-corrected chi connectivity index (χ0v) is 24.6. The maximum Gasteiger partial charge on any atom is 0.146 e. The summed E-state index contributed by atoms with van der Waals surface area (Å²) in [7, 11) is 0. The van der Waals surface area contributed by atoms with Gasteiger partial charge in [0.05, 0.1) is 6.04 Å². The van der Waals surface area contributed by atoms with Crippen LogP contribution in [0.1, 0.15) is 70.6 Å². The maximum absolute atomic E-state index is 12.9. The molecule has 1 heterocycles. The fourth-order valence-corrected chi connectivity index (χ4v) is 4.84. The molecular formula is C36H48N2O. The highest BCUT2D eigenvalue weighted by Gasteiger charge is 2.39. The molecule has 0 radical (unpaired) electrons. The van der Waals surface area contributed by atoms with Crippen molar-refractivity contribution < 1.29 is 4.79 Å². The van der Waals surface area contributed by atoms with Crippen molar-refractivity contribution in [1.29, 1.82) is 0 Å². The summed E-state index contributed by atoms with van der Waals surface area (Å²) in [6.45, 7) is 11.3. The molecule has 0 saturated carbocycles. The molecule has 4 rings (SSSR count). The molecule has 1 N–H and O–H groups in total. The number of nitrogens with one attached hydrogen (secondary N) is 1. The lowest BCUT2D eigenvalue weighted by Gasteiger charge is -2.45. The van der Waals surface area contributed by atoms with Gasteiger partial charge in [-0.05, 0) is 35.8 Å². The Morgan fingerprint density at radius 2 is 1.23 bits per heavy atom. The van der Waals surface area contributed by atoms with Crippen molar-refractivity contribution in [2.24, 2.45) is 0 Å². The summed E-state index contributed by atoms with van der Waals surface area (Å²) < 4.78 is 0. The van der Waals surface area contributed by atoms with E-state index in [0.29, 0.717) is 12.8 Å². The summed E-state index contributed by atoms with van der Waals surface area (Å²) in [5, 5.41) is 3.59. The van der Waals surface area contributed by atoms with E-state index in [4.69, 9.17) is 0 Å². The normalized spacial score (nSPS) is 14.2. The van der Waals surface area contributed by atoms with E-state index in [1.54, 1.807) is 0 Å². The van der Waals surface area contributed by atoms with Crippen LogP contribution in [0.15, 0.2) is 115 Å². The van der Waals surface area contributed by atoms with E-state index in [-0.39, 0.29) is 6.04 Å². The lowest BCUT2D eigenvalue weighted by atomic mass is 9.82. The van der Waals surface area contributed by atoms with E-state index in [9.17, 15) is 4.79 Å². The lowest BCUT2D eigenvalue weighted by molar-refractivity contribution is -0.118. The van der Waals surface area contributed by atoms with Crippen LogP contribution in [-0.2, 0) is 24.2 Å². The Balaban J connectivity index is 0.000000686. The maximum atomic E-state index is 12.9. The molecule has 0 saturated heterocycles. The van der Waals surface area contributed by atoms with Crippen LogP contribution in [-0.4, -0.2) is 22.8 Å². The van der Waals surface area contributed by atoms with Gasteiger partial charge in [0.1, 0.15) is 11.8 Å². The van der Waals surface area contributed by atoms with Crippen molar-refractivity contribution in [2.45, 2.75) is 84.8 Å². The van der Waals surface area contributed by atoms with Gasteiger partial charge in [0.25, 0.3) is 0 Å². The van der Waals surface area contributed by atoms with Gasteiger partial charge in [-0.25, -0.2) is 0 Å². The van der Waals surface area contributed by atoms with E-state index in [0.717, 1.165) is 29.7 Å². The highest BCUT2D eigenvalue weighted by molar-refractivity contribution is 5.67. The summed E-state index contributed by atoms with van der Waals surface area (Å²) in [6.07, 6.45) is 12.7. The first-order chi connectivity index (χ1) is 19.1. The monoisotopic (exact) mass is 524 g/mol. The quantitative estimate of drug-likeness (QED) is 0.255. The molecule has 3 aromatic carbocycles. The van der Waals surface area contributed by atoms with Gasteiger partial charge in [0.15, 0.2) is 0 Å². The Labute approximate surface area is 237 Å². The highest BCUT2D eigenvalue weighted by Crippen LogP contribution is 2.30. The number of carbonyl (C=O) groups is 1. The first-order valence-corrected chi connectivity index (χ1v) is 14.6. The molecule has 0 fully saturated rings. The van der Waals surface area contributed by atoms with Crippen molar-refractivity contribution in [3.63, 3.8) is 0 Å². The number of carbonyl (C=O) groups excluding carboxylic acids is 1. The molecule has 208 valence electrons. The summed E-state index contributed by atoms with van der Waals surface area (Å²) >= 11 is 0. The molecule has 0 bridgehead atoms. The second kappa shape index (κ2) is 17.8. The van der Waals surface area contributed by atoms with Crippen LogP contribution in [0, 0.1) is 0 Å². The third-order valence-electron chi connectivity index (χ3n) is 6.88. The van der Waals surface area contributed by atoms with E-state index in [1.165, 1.54) is 24.8 Å². The highest BCUT2D eigenvalue weighted by atomic mass is 16.1. The number of allylic oxidation sites excluding steroid dienone is 2. The fourth-order valence-electron chi connectivity index (χ4n) is 4.84. The van der Waals surface area contributed by atoms with E-state index in [2.05, 4.69) is 91.8 Å². The molecule has 0 spiro atoms. The zero-order valence-electron chi connectivity index (χ0n) is 24.6. The Kier molecular flexibility index (Phi) is 14.5. The van der Waals surface area contributed by atoms with Crippen molar-refractivity contribution >= 4 is 6.29 Å². The number of benzene rings is 3. The minimum atomic E-state index is -0.688. The molecule has 3 aromatic rings. The van der Waals surface area contributed by atoms with Crippen LogP contribution in [0.5, 0.6) is 0 Å². The van der Waals surface area contributed by atoms with Crippen molar-refractivity contribution in [2.75, 3.05) is 0 Å². The smallest absolute Gasteiger partial charge is 0.146 e. The second-order valence-electron chi connectivity index (χ2n) is 9.79. The topological polar surface area (TPSA) is 32.3 Å². The predicted molar refractivity (Wildman–Crippen MR) is 167 cm³/mol. The summed E-state index contributed by atoms with van der Waals surface area (Å²) in [5.41, 5.74) is 3.97. The van der Waals surface area contributed by atoms with Gasteiger partial charge in [-0.1, -0.05) is 138 Å². The number of aldehydes is 1. The van der Waals surface area contributed by atoms with Crippen LogP contribution in [0.2, 0.25) is 0 Å². The summed E-state index contributed by atoms with van der Waals surface area (Å²) in [4.78, 5) is 15.1. The van der Waals surface area contributed by atoms with Crippen LogP contribution >= 0.6 is 0 Å². The molecule has 0 aromatic heterocycles. The second-order valence-corrected chi connectivity index (χ2v) is 9.79. The zero-order chi connectivity index (χ0) is 28.3. The molecule has 1 unspecified atom stereocenters. The minimum Gasteiger partial charge on any atom is -0.383 e. The molecule has 1 aliphatic heterocycles. The van der Waals surface area contributed by atoms with Gasteiger partial charge in [-0.3, -0.25) is 0 Å². The average Bonchev–Trinajstić information content (AvgIpc) is 3.00. The Hall–Kier alpha value is -3.59. The molecule has 39 heavy (non-hydrogen) atoms. The number of unbranched alkanes of at least 4 members (excludes halogenated alkanes) is 2. The van der Waals surface area contributed by atoms with Crippen molar-refractivity contribution in [3.8, 4) is 0 Å². The van der Waals surface area contributed by atoms with Crippen LogP contribution in [0.3, 0.4) is 0 Å². The molecule has 1 aliphatic rings. The number of rotatable bonds is 11.